The van der Waals surface area contributed by atoms with Crippen LogP contribution in [0.4, 0.5) is 0 Å². The highest BCUT2D eigenvalue weighted by atomic mass is 16.5. The Labute approximate surface area is 222 Å². The first-order valence-corrected chi connectivity index (χ1v) is 14.3. The molecule has 0 aromatic carbocycles. The standard InChI is InChI=1S/C32H46O5/c1-19(33)37-25-18-32(26(35)36)16-15-30(7)20(21(32)17-27(25,2)3)9-10-23-29(6)13-12-24(34)28(4,5)22(29)11-14-31(23,30)8/h9-10,22-23,25H,11-18H2,1-8H3,(H,35,36). The fourth-order valence-electron chi connectivity index (χ4n) is 10.1. The number of fused-ring (bicyclic) bond motifs is 6. The molecule has 1 N–H and O–H groups in total. The number of carboxylic acid groups (broad SMARTS) is 1. The molecule has 7 atom stereocenters. The minimum atomic E-state index is -0.988. The van der Waals surface area contributed by atoms with Gasteiger partial charge in [-0.05, 0) is 77.8 Å². The van der Waals surface area contributed by atoms with Crippen molar-refractivity contribution in [2.75, 3.05) is 0 Å². The molecule has 0 aliphatic heterocycles. The fourth-order valence-corrected chi connectivity index (χ4v) is 10.1. The predicted molar refractivity (Wildman–Crippen MR) is 143 cm³/mol. The number of Topliss-reactive ketones (excluding diaryl/α,β-unsaturated/α-hetero) is 1. The summed E-state index contributed by atoms with van der Waals surface area (Å²) in [6.45, 7) is 17.2. The number of hydrogen-bond donors (Lipinski definition) is 1. The number of carbonyl (C=O) groups excluding carboxylic acids is 2. The summed E-state index contributed by atoms with van der Waals surface area (Å²) in [5.74, 6) is -0.0105. The Morgan fingerprint density at radius 3 is 2.30 bits per heavy atom. The largest absolute Gasteiger partial charge is 0.481 e. The van der Waals surface area contributed by atoms with Crippen LogP contribution in [0, 0.1) is 44.3 Å². The van der Waals surface area contributed by atoms with Crippen molar-refractivity contribution in [1.29, 1.82) is 0 Å². The number of carbonyl (C=O) groups is 3. The van der Waals surface area contributed by atoms with E-state index in [-0.39, 0.29) is 33.0 Å². The minimum absolute atomic E-state index is 0.00661. The van der Waals surface area contributed by atoms with E-state index in [4.69, 9.17) is 4.74 Å². The summed E-state index contributed by atoms with van der Waals surface area (Å²) in [6.07, 6.45) is 10.3. The van der Waals surface area contributed by atoms with E-state index in [0.29, 0.717) is 43.3 Å². The van der Waals surface area contributed by atoms with Gasteiger partial charge in [-0.15, -0.1) is 0 Å². The second-order valence-electron chi connectivity index (χ2n) is 15.1. The maximum Gasteiger partial charge on any atom is 0.313 e. The highest BCUT2D eigenvalue weighted by Crippen LogP contribution is 2.74. The molecule has 0 aromatic heterocycles. The average Bonchev–Trinajstić information content (AvgIpc) is 2.77. The zero-order valence-electron chi connectivity index (χ0n) is 24.1. The van der Waals surface area contributed by atoms with Crippen molar-refractivity contribution in [3.8, 4) is 0 Å². The van der Waals surface area contributed by atoms with Crippen molar-refractivity contribution in [2.45, 2.75) is 113 Å². The van der Waals surface area contributed by atoms with E-state index in [1.165, 1.54) is 12.5 Å². The molecule has 0 heterocycles. The molecule has 5 aliphatic carbocycles. The summed E-state index contributed by atoms with van der Waals surface area (Å²) in [5.41, 5.74) is 0.566. The van der Waals surface area contributed by atoms with Crippen molar-refractivity contribution in [1.82, 2.24) is 0 Å². The number of allylic oxidation sites excluding steroid dienone is 3. The van der Waals surface area contributed by atoms with Gasteiger partial charge in [0.05, 0.1) is 5.41 Å². The normalized spacial score (nSPS) is 45.7. The molecule has 5 rings (SSSR count). The Morgan fingerprint density at radius 1 is 1.00 bits per heavy atom. The van der Waals surface area contributed by atoms with Gasteiger partial charge in [0.25, 0.3) is 0 Å². The third-order valence-corrected chi connectivity index (χ3v) is 12.6. The fraction of sp³-hybridized carbons (Fsp3) is 0.781. The molecule has 0 saturated heterocycles. The van der Waals surface area contributed by atoms with Gasteiger partial charge < -0.3 is 9.84 Å². The number of ketones is 1. The first-order valence-electron chi connectivity index (χ1n) is 14.3. The van der Waals surface area contributed by atoms with Crippen molar-refractivity contribution in [3.63, 3.8) is 0 Å². The number of esters is 1. The molecular formula is C32H46O5. The summed E-state index contributed by atoms with van der Waals surface area (Å²) in [5, 5.41) is 10.7. The number of ether oxygens (including phenoxy) is 1. The molecule has 7 unspecified atom stereocenters. The summed E-state index contributed by atoms with van der Waals surface area (Å²) >= 11 is 0. The third kappa shape index (κ3) is 3.30. The first kappa shape index (κ1) is 26.7. The van der Waals surface area contributed by atoms with E-state index < -0.39 is 17.5 Å². The zero-order chi connectivity index (χ0) is 27.4. The molecule has 0 radical (unpaired) electrons. The topological polar surface area (TPSA) is 80.7 Å². The van der Waals surface area contributed by atoms with Crippen molar-refractivity contribution in [3.05, 3.63) is 23.3 Å². The minimum Gasteiger partial charge on any atom is -0.481 e. The van der Waals surface area contributed by atoms with Crippen LogP contribution in [0.2, 0.25) is 0 Å². The van der Waals surface area contributed by atoms with Gasteiger partial charge >= 0.3 is 11.9 Å². The lowest BCUT2D eigenvalue weighted by Gasteiger charge is -2.68. The molecule has 5 heteroatoms. The average molecular weight is 511 g/mol. The van der Waals surface area contributed by atoms with E-state index in [9.17, 15) is 19.5 Å². The molecule has 0 spiro atoms. The SMILES string of the molecule is CC(=O)OC1CC2(C(=O)O)CCC3(C)C(=C2CC1(C)C)C=CC1C2(C)CCC(=O)C(C)(C)C2CCC13C. The predicted octanol–water partition coefficient (Wildman–Crippen LogP) is 6.90. The number of rotatable bonds is 2. The molecule has 5 nitrogen and oxygen atoms in total. The summed E-state index contributed by atoms with van der Waals surface area (Å²) in [4.78, 5) is 37.9. The second kappa shape index (κ2) is 7.82. The molecule has 5 aliphatic rings. The maximum atomic E-state index is 13.0. The third-order valence-electron chi connectivity index (χ3n) is 12.6. The van der Waals surface area contributed by atoms with E-state index in [1.54, 1.807) is 0 Å². The van der Waals surface area contributed by atoms with Gasteiger partial charge in [0, 0.05) is 30.6 Å². The van der Waals surface area contributed by atoms with Crippen LogP contribution in [0.5, 0.6) is 0 Å². The van der Waals surface area contributed by atoms with Gasteiger partial charge in [0.1, 0.15) is 11.9 Å². The molecule has 0 aromatic rings. The van der Waals surface area contributed by atoms with Gasteiger partial charge in [0.2, 0.25) is 0 Å². The van der Waals surface area contributed by atoms with E-state index >= 15 is 0 Å². The molecule has 37 heavy (non-hydrogen) atoms. The van der Waals surface area contributed by atoms with Gasteiger partial charge in [-0.2, -0.15) is 0 Å². The summed E-state index contributed by atoms with van der Waals surface area (Å²) in [6, 6.07) is 0. The van der Waals surface area contributed by atoms with Crippen LogP contribution in [0.3, 0.4) is 0 Å². The lowest BCUT2D eigenvalue weighted by atomic mass is 9.35. The van der Waals surface area contributed by atoms with Crippen LogP contribution in [-0.4, -0.2) is 28.9 Å². The molecule has 204 valence electrons. The summed E-state index contributed by atoms with van der Waals surface area (Å²) in [7, 11) is 0. The Kier molecular flexibility index (Phi) is 5.64. The smallest absolute Gasteiger partial charge is 0.313 e. The quantitative estimate of drug-likeness (QED) is 0.409. The molecule has 0 amide bonds. The van der Waals surface area contributed by atoms with E-state index in [1.807, 2.05) is 0 Å². The van der Waals surface area contributed by atoms with Crippen LogP contribution in [-0.2, 0) is 19.1 Å². The molecule has 3 fully saturated rings. The van der Waals surface area contributed by atoms with Crippen LogP contribution in [0.25, 0.3) is 0 Å². The highest BCUT2D eigenvalue weighted by Gasteiger charge is 2.68. The Morgan fingerprint density at radius 2 is 1.68 bits per heavy atom. The van der Waals surface area contributed by atoms with Crippen molar-refractivity contribution >= 4 is 17.7 Å². The van der Waals surface area contributed by atoms with Gasteiger partial charge in [-0.3, -0.25) is 14.4 Å². The molecular weight excluding hydrogens is 464 g/mol. The number of hydrogen-bond acceptors (Lipinski definition) is 4. The van der Waals surface area contributed by atoms with Crippen LogP contribution in [0.1, 0.15) is 107 Å². The number of aliphatic carboxylic acids is 1. The van der Waals surface area contributed by atoms with Crippen LogP contribution in [0.15, 0.2) is 23.3 Å². The van der Waals surface area contributed by atoms with E-state index in [2.05, 4.69) is 60.6 Å². The van der Waals surface area contributed by atoms with Crippen LogP contribution < -0.4 is 0 Å². The zero-order valence-corrected chi connectivity index (χ0v) is 24.1. The maximum absolute atomic E-state index is 13.0. The van der Waals surface area contributed by atoms with Gasteiger partial charge in [0.15, 0.2) is 0 Å². The lowest BCUT2D eigenvalue weighted by molar-refractivity contribution is -0.174. The van der Waals surface area contributed by atoms with Crippen molar-refractivity contribution < 1.29 is 24.2 Å². The van der Waals surface area contributed by atoms with Gasteiger partial charge in [-0.1, -0.05) is 60.6 Å². The molecule has 0 bridgehead atoms. The monoisotopic (exact) mass is 510 g/mol. The summed E-state index contributed by atoms with van der Waals surface area (Å²) < 4.78 is 5.73. The lowest BCUT2D eigenvalue weighted by Crippen LogP contribution is -2.63. The molecule has 3 saturated carbocycles. The Hall–Kier alpha value is -1.91. The second-order valence-corrected chi connectivity index (χ2v) is 15.1. The highest BCUT2D eigenvalue weighted by molar-refractivity contribution is 5.85. The van der Waals surface area contributed by atoms with Gasteiger partial charge in [-0.25, -0.2) is 0 Å². The Bertz CT molecular complexity index is 1130. The van der Waals surface area contributed by atoms with Crippen LogP contribution >= 0.6 is 0 Å². The van der Waals surface area contributed by atoms with E-state index in [0.717, 1.165) is 31.3 Å². The Balaban J connectivity index is 1.66. The first-order chi connectivity index (χ1) is 17.0. The number of carboxylic acids is 1. The van der Waals surface area contributed by atoms with Crippen molar-refractivity contribution in [2.24, 2.45) is 44.3 Å².